The number of fused-ring (bicyclic) bond motifs is 2. The lowest BCUT2D eigenvalue weighted by atomic mass is 10.1. The fraction of sp³-hybridized carbons (Fsp3) is 0.0556. The molecule has 4 aromatic rings. The Hall–Kier alpha value is -2.65. The van der Waals surface area contributed by atoms with E-state index in [2.05, 4.69) is 48.7 Å². The van der Waals surface area contributed by atoms with Gasteiger partial charge in [-0.05, 0) is 22.9 Å². The lowest BCUT2D eigenvalue weighted by Gasteiger charge is -2.00. The molecule has 2 aromatic carbocycles. The van der Waals surface area contributed by atoms with Crippen molar-refractivity contribution in [1.29, 1.82) is 0 Å². The van der Waals surface area contributed by atoms with Crippen molar-refractivity contribution in [2.45, 2.75) is 6.54 Å². The van der Waals surface area contributed by atoms with E-state index in [0.717, 1.165) is 22.5 Å². The molecule has 0 aliphatic carbocycles. The van der Waals surface area contributed by atoms with E-state index in [0.29, 0.717) is 6.54 Å². The van der Waals surface area contributed by atoms with E-state index >= 15 is 0 Å². The summed E-state index contributed by atoms with van der Waals surface area (Å²) in [5.74, 6) is 0. The van der Waals surface area contributed by atoms with Crippen LogP contribution in [0.25, 0.3) is 27.7 Å². The lowest BCUT2D eigenvalue weighted by molar-refractivity contribution is 1.04. The van der Waals surface area contributed by atoms with E-state index in [1.54, 1.807) is 0 Å². The molecule has 4 rings (SSSR count). The van der Waals surface area contributed by atoms with Crippen molar-refractivity contribution in [2.75, 3.05) is 0 Å². The predicted molar refractivity (Wildman–Crippen MR) is 86.0 cm³/mol. The minimum absolute atomic E-state index is 0.499. The number of imidazole rings is 1. The average molecular weight is 273 g/mol. The van der Waals surface area contributed by atoms with Gasteiger partial charge in [0.2, 0.25) is 0 Å². The van der Waals surface area contributed by atoms with Crippen LogP contribution in [0, 0.1) is 0 Å². The third-order valence-corrected chi connectivity index (χ3v) is 3.83. The maximum Gasteiger partial charge on any atom is 0.141 e. The minimum atomic E-state index is 0.499. The van der Waals surface area contributed by atoms with E-state index in [9.17, 15) is 0 Å². The summed E-state index contributed by atoms with van der Waals surface area (Å²) < 4.78 is 2.03. The van der Waals surface area contributed by atoms with Crippen LogP contribution in [0.1, 0.15) is 5.56 Å². The number of nitrogens with zero attached hydrogens (tertiary/aromatic N) is 2. The van der Waals surface area contributed by atoms with Gasteiger partial charge >= 0.3 is 0 Å². The van der Waals surface area contributed by atoms with Crippen LogP contribution >= 0.6 is 0 Å². The standard InChI is InChI=1S/C18H15N3/c19-11-16-6-3-9-21-12-17(20-18(16)21)15-8-7-13-4-1-2-5-14(13)10-15/h1-10,12H,11,19H2. The molecule has 21 heavy (non-hydrogen) atoms. The summed E-state index contributed by atoms with van der Waals surface area (Å²) in [6, 6.07) is 18.8. The molecule has 0 atom stereocenters. The van der Waals surface area contributed by atoms with Crippen LogP contribution in [-0.4, -0.2) is 9.38 Å². The highest BCUT2D eigenvalue weighted by Gasteiger charge is 2.07. The zero-order chi connectivity index (χ0) is 14.2. The van der Waals surface area contributed by atoms with Gasteiger partial charge in [-0.25, -0.2) is 4.98 Å². The monoisotopic (exact) mass is 273 g/mol. The Morgan fingerprint density at radius 3 is 2.67 bits per heavy atom. The smallest absolute Gasteiger partial charge is 0.141 e. The molecular formula is C18H15N3. The first-order valence-electron chi connectivity index (χ1n) is 7.01. The molecule has 3 heteroatoms. The Morgan fingerprint density at radius 1 is 0.952 bits per heavy atom. The third-order valence-electron chi connectivity index (χ3n) is 3.83. The van der Waals surface area contributed by atoms with Crippen LogP contribution in [0.4, 0.5) is 0 Å². The van der Waals surface area contributed by atoms with Crippen LogP contribution < -0.4 is 5.73 Å². The van der Waals surface area contributed by atoms with Crippen molar-refractivity contribution in [1.82, 2.24) is 9.38 Å². The number of aromatic nitrogens is 2. The number of nitrogens with two attached hydrogens (primary N) is 1. The molecule has 0 saturated carbocycles. The van der Waals surface area contributed by atoms with E-state index in [-0.39, 0.29) is 0 Å². The second kappa shape index (κ2) is 4.72. The van der Waals surface area contributed by atoms with Crippen molar-refractivity contribution < 1.29 is 0 Å². The summed E-state index contributed by atoms with van der Waals surface area (Å²) in [6.45, 7) is 0.499. The first-order valence-corrected chi connectivity index (χ1v) is 7.01. The van der Waals surface area contributed by atoms with Crippen LogP contribution in [0.3, 0.4) is 0 Å². The van der Waals surface area contributed by atoms with Crippen LogP contribution in [0.5, 0.6) is 0 Å². The average Bonchev–Trinajstić information content (AvgIpc) is 2.98. The summed E-state index contributed by atoms with van der Waals surface area (Å²) in [7, 11) is 0. The molecule has 102 valence electrons. The lowest BCUT2D eigenvalue weighted by Crippen LogP contribution is -1.99. The molecule has 0 radical (unpaired) electrons. The predicted octanol–water partition coefficient (Wildman–Crippen LogP) is 3.61. The van der Waals surface area contributed by atoms with Crippen LogP contribution in [0.2, 0.25) is 0 Å². The molecule has 0 amide bonds. The van der Waals surface area contributed by atoms with Gasteiger partial charge in [-0.3, -0.25) is 0 Å². The van der Waals surface area contributed by atoms with Crippen LogP contribution in [0.15, 0.2) is 67.0 Å². The number of hydrogen-bond donors (Lipinski definition) is 1. The highest BCUT2D eigenvalue weighted by atomic mass is 15.0. The summed E-state index contributed by atoms with van der Waals surface area (Å²) >= 11 is 0. The minimum Gasteiger partial charge on any atom is -0.326 e. The fourth-order valence-electron chi connectivity index (χ4n) is 2.72. The van der Waals surface area contributed by atoms with Gasteiger partial charge in [0, 0.05) is 30.1 Å². The summed E-state index contributed by atoms with van der Waals surface area (Å²) in [5.41, 5.74) is 9.88. The van der Waals surface area contributed by atoms with Gasteiger partial charge < -0.3 is 10.1 Å². The molecule has 3 nitrogen and oxygen atoms in total. The second-order valence-electron chi connectivity index (χ2n) is 5.16. The van der Waals surface area contributed by atoms with Gasteiger partial charge in [-0.1, -0.05) is 42.5 Å². The summed E-state index contributed by atoms with van der Waals surface area (Å²) in [4.78, 5) is 4.74. The van der Waals surface area contributed by atoms with E-state index < -0.39 is 0 Å². The fourth-order valence-corrected chi connectivity index (χ4v) is 2.72. The molecule has 2 N–H and O–H groups in total. The highest BCUT2D eigenvalue weighted by Crippen LogP contribution is 2.24. The molecule has 0 aliphatic rings. The normalized spacial score (nSPS) is 11.3. The SMILES string of the molecule is NCc1cccn2cc(-c3ccc4ccccc4c3)nc12. The molecule has 0 aliphatic heterocycles. The maximum absolute atomic E-state index is 5.78. The first kappa shape index (κ1) is 12.1. The van der Waals surface area contributed by atoms with Crippen molar-refractivity contribution in [2.24, 2.45) is 5.73 Å². The Morgan fingerprint density at radius 2 is 1.81 bits per heavy atom. The molecule has 0 fully saturated rings. The van der Waals surface area contributed by atoms with Crippen molar-refractivity contribution in [3.8, 4) is 11.3 Å². The maximum atomic E-state index is 5.78. The van der Waals surface area contributed by atoms with Crippen molar-refractivity contribution in [3.05, 3.63) is 72.6 Å². The van der Waals surface area contributed by atoms with Gasteiger partial charge in [0.15, 0.2) is 0 Å². The van der Waals surface area contributed by atoms with E-state index in [4.69, 9.17) is 10.7 Å². The second-order valence-corrected chi connectivity index (χ2v) is 5.16. The zero-order valence-corrected chi connectivity index (χ0v) is 11.5. The van der Waals surface area contributed by atoms with Gasteiger partial charge in [0.25, 0.3) is 0 Å². The number of benzene rings is 2. The van der Waals surface area contributed by atoms with Gasteiger partial charge in [-0.15, -0.1) is 0 Å². The van der Waals surface area contributed by atoms with E-state index in [1.165, 1.54) is 10.8 Å². The van der Waals surface area contributed by atoms with Crippen LogP contribution in [-0.2, 0) is 6.54 Å². The number of rotatable bonds is 2. The quantitative estimate of drug-likeness (QED) is 0.606. The largest absolute Gasteiger partial charge is 0.326 e. The number of pyridine rings is 1. The first-order chi connectivity index (χ1) is 10.3. The molecular weight excluding hydrogens is 258 g/mol. The highest BCUT2D eigenvalue weighted by molar-refractivity contribution is 5.87. The van der Waals surface area contributed by atoms with Gasteiger partial charge in [0.05, 0.1) is 5.69 Å². The molecule has 2 heterocycles. The zero-order valence-electron chi connectivity index (χ0n) is 11.5. The van der Waals surface area contributed by atoms with Gasteiger partial charge in [0.1, 0.15) is 5.65 Å². The summed E-state index contributed by atoms with van der Waals surface area (Å²) in [5, 5.41) is 2.47. The molecule has 0 unspecified atom stereocenters. The van der Waals surface area contributed by atoms with E-state index in [1.807, 2.05) is 22.7 Å². The van der Waals surface area contributed by atoms with Crippen molar-refractivity contribution >= 4 is 16.4 Å². The third kappa shape index (κ3) is 1.99. The summed E-state index contributed by atoms with van der Waals surface area (Å²) in [6.07, 6.45) is 4.06. The van der Waals surface area contributed by atoms with Crippen molar-refractivity contribution in [3.63, 3.8) is 0 Å². The molecule has 0 spiro atoms. The van der Waals surface area contributed by atoms with Gasteiger partial charge in [-0.2, -0.15) is 0 Å². The topological polar surface area (TPSA) is 43.3 Å². The number of hydrogen-bond acceptors (Lipinski definition) is 2. The Labute approximate surface area is 122 Å². The Kier molecular flexibility index (Phi) is 2.72. The molecule has 0 bridgehead atoms. The molecule has 2 aromatic heterocycles. The Balaban J connectivity index is 1.91. The Bertz CT molecular complexity index is 937. The molecule has 0 saturated heterocycles.